The van der Waals surface area contributed by atoms with Crippen LogP contribution in [0.3, 0.4) is 0 Å². The molecule has 0 amide bonds. The molecule has 1 atom stereocenters. The standard InChI is InChI=1S/C18H29N3/c1-15-7-6-8-17-13-19-16(2)14-21(18(15)17)12-11-20-9-4-3-5-10-20/h6-8,16,19H,3-5,9-14H2,1-2H3. The Bertz CT molecular complexity index is 466. The van der Waals surface area contributed by atoms with Crippen molar-refractivity contribution in [2.75, 3.05) is 37.6 Å². The van der Waals surface area contributed by atoms with E-state index in [-0.39, 0.29) is 0 Å². The van der Waals surface area contributed by atoms with Gasteiger partial charge < -0.3 is 15.1 Å². The van der Waals surface area contributed by atoms with Crippen molar-refractivity contribution in [1.29, 1.82) is 0 Å². The lowest BCUT2D eigenvalue weighted by molar-refractivity contribution is 0.233. The van der Waals surface area contributed by atoms with Gasteiger partial charge in [0.05, 0.1) is 0 Å². The molecule has 0 radical (unpaired) electrons. The van der Waals surface area contributed by atoms with Crippen molar-refractivity contribution in [3.05, 3.63) is 29.3 Å². The minimum atomic E-state index is 0.554. The SMILES string of the molecule is Cc1cccc2c1N(CCN1CCCCC1)CC(C)NC2. The van der Waals surface area contributed by atoms with Crippen LogP contribution in [0.1, 0.15) is 37.3 Å². The third-order valence-corrected chi connectivity index (χ3v) is 4.91. The minimum absolute atomic E-state index is 0.554. The number of para-hydroxylation sites is 1. The van der Waals surface area contributed by atoms with Crippen LogP contribution in [-0.2, 0) is 6.54 Å². The predicted molar refractivity (Wildman–Crippen MR) is 90.0 cm³/mol. The van der Waals surface area contributed by atoms with Crippen LogP contribution in [0.4, 0.5) is 5.69 Å². The molecule has 1 fully saturated rings. The average Bonchev–Trinajstić information content (AvgIpc) is 2.66. The highest BCUT2D eigenvalue weighted by Gasteiger charge is 2.21. The van der Waals surface area contributed by atoms with Crippen molar-refractivity contribution >= 4 is 5.69 Å². The first-order chi connectivity index (χ1) is 10.2. The van der Waals surface area contributed by atoms with E-state index in [9.17, 15) is 0 Å². The molecular formula is C18H29N3. The molecule has 0 bridgehead atoms. The summed E-state index contributed by atoms with van der Waals surface area (Å²) in [5, 5.41) is 3.64. The summed E-state index contributed by atoms with van der Waals surface area (Å²) in [6.07, 6.45) is 4.18. The van der Waals surface area contributed by atoms with Crippen molar-refractivity contribution < 1.29 is 0 Å². The van der Waals surface area contributed by atoms with Crippen molar-refractivity contribution in [1.82, 2.24) is 10.2 Å². The van der Waals surface area contributed by atoms with Gasteiger partial charge in [-0.15, -0.1) is 0 Å². The maximum Gasteiger partial charge on any atom is 0.0442 e. The zero-order valence-corrected chi connectivity index (χ0v) is 13.6. The number of anilines is 1. The molecule has 3 heteroatoms. The Kier molecular flexibility index (Phi) is 4.81. The van der Waals surface area contributed by atoms with Crippen LogP contribution in [0.15, 0.2) is 18.2 Å². The van der Waals surface area contributed by atoms with E-state index in [1.165, 1.54) is 55.7 Å². The summed E-state index contributed by atoms with van der Waals surface area (Å²) in [6.45, 7) is 11.6. The van der Waals surface area contributed by atoms with E-state index in [0.29, 0.717) is 6.04 Å². The number of aryl methyl sites for hydroxylation is 1. The number of benzene rings is 1. The number of nitrogens with zero attached hydrogens (tertiary/aromatic N) is 2. The normalized spacial score (nSPS) is 23.7. The molecule has 2 heterocycles. The van der Waals surface area contributed by atoms with Gasteiger partial charge in [-0.05, 0) is 50.9 Å². The number of fused-ring (bicyclic) bond motifs is 1. The summed E-state index contributed by atoms with van der Waals surface area (Å²) >= 11 is 0. The molecule has 0 aromatic heterocycles. The first-order valence-electron chi connectivity index (χ1n) is 8.53. The molecule has 0 aliphatic carbocycles. The second-order valence-corrected chi connectivity index (χ2v) is 6.71. The first kappa shape index (κ1) is 14.9. The quantitative estimate of drug-likeness (QED) is 0.922. The first-order valence-corrected chi connectivity index (χ1v) is 8.53. The lowest BCUT2D eigenvalue weighted by atomic mass is 10.1. The topological polar surface area (TPSA) is 18.5 Å². The van der Waals surface area contributed by atoms with Gasteiger partial charge in [0.15, 0.2) is 0 Å². The highest BCUT2D eigenvalue weighted by Crippen LogP contribution is 2.27. The number of nitrogens with one attached hydrogen (secondary N) is 1. The number of hydrogen-bond acceptors (Lipinski definition) is 3. The molecular weight excluding hydrogens is 258 g/mol. The summed E-state index contributed by atoms with van der Waals surface area (Å²) in [5.41, 5.74) is 4.35. The lowest BCUT2D eigenvalue weighted by Crippen LogP contribution is -2.42. The molecule has 1 saturated heterocycles. The van der Waals surface area contributed by atoms with E-state index >= 15 is 0 Å². The lowest BCUT2D eigenvalue weighted by Gasteiger charge is -2.32. The molecule has 1 N–H and O–H groups in total. The van der Waals surface area contributed by atoms with Crippen LogP contribution in [0, 0.1) is 6.92 Å². The summed E-state index contributed by atoms with van der Waals surface area (Å²) in [6, 6.07) is 7.27. The highest BCUT2D eigenvalue weighted by atomic mass is 15.2. The largest absolute Gasteiger partial charge is 0.368 e. The van der Waals surface area contributed by atoms with Gasteiger partial charge in [0.2, 0.25) is 0 Å². The Morgan fingerprint density at radius 1 is 1.14 bits per heavy atom. The molecule has 2 aliphatic heterocycles. The highest BCUT2D eigenvalue weighted by molar-refractivity contribution is 5.60. The number of rotatable bonds is 3. The van der Waals surface area contributed by atoms with Gasteiger partial charge in [-0.25, -0.2) is 0 Å². The van der Waals surface area contributed by atoms with Gasteiger partial charge in [-0.2, -0.15) is 0 Å². The van der Waals surface area contributed by atoms with E-state index in [1.54, 1.807) is 0 Å². The Morgan fingerprint density at radius 2 is 1.95 bits per heavy atom. The molecule has 3 rings (SSSR count). The molecule has 1 unspecified atom stereocenters. The minimum Gasteiger partial charge on any atom is -0.368 e. The predicted octanol–water partition coefficient (Wildman–Crippen LogP) is 2.78. The molecule has 1 aromatic rings. The van der Waals surface area contributed by atoms with Crippen molar-refractivity contribution in [3.8, 4) is 0 Å². The Balaban J connectivity index is 1.73. The molecule has 0 saturated carbocycles. The van der Waals surface area contributed by atoms with Crippen LogP contribution in [0.25, 0.3) is 0 Å². The van der Waals surface area contributed by atoms with Crippen LogP contribution < -0.4 is 10.2 Å². The van der Waals surface area contributed by atoms with E-state index in [1.807, 2.05) is 0 Å². The summed E-state index contributed by atoms with van der Waals surface area (Å²) in [4.78, 5) is 5.26. The van der Waals surface area contributed by atoms with Gasteiger partial charge in [0, 0.05) is 37.9 Å². The third kappa shape index (κ3) is 3.58. The molecule has 2 aliphatic rings. The van der Waals surface area contributed by atoms with Crippen LogP contribution >= 0.6 is 0 Å². The van der Waals surface area contributed by atoms with Gasteiger partial charge in [0.25, 0.3) is 0 Å². The fourth-order valence-corrected chi connectivity index (χ4v) is 3.73. The zero-order valence-electron chi connectivity index (χ0n) is 13.6. The van der Waals surface area contributed by atoms with Gasteiger partial charge in [-0.1, -0.05) is 24.6 Å². The summed E-state index contributed by atoms with van der Waals surface area (Å²) < 4.78 is 0. The number of piperidine rings is 1. The smallest absolute Gasteiger partial charge is 0.0442 e. The number of likely N-dealkylation sites (tertiary alicyclic amines) is 1. The second kappa shape index (κ2) is 6.80. The monoisotopic (exact) mass is 287 g/mol. The van der Waals surface area contributed by atoms with Gasteiger partial charge in [0.1, 0.15) is 0 Å². The molecule has 1 aromatic carbocycles. The van der Waals surface area contributed by atoms with E-state index in [0.717, 1.165) is 19.6 Å². The van der Waals surface area contributed by atoms with Crippen molar-refractivity contribution in [2.45, 2.75) is 45.7 Å². The third-order valence-electron chi connectivity index (χ3n) is 4.91. The van der Waals surface area contributed by atoms with Crippen molar-refractivity contribution in [3.63, 3.8) is 0 Å². The Morgan fingerprint density at radius 3 is 2.76 bits per heavy atom. The van der Waals surface area contributed by atoms with Gasteiger partial charge >= 0.3 is 0 Å². The summed E-state index contributed by atoms with van der Waals surface area (Å²) in [5.74, 6) is 0. The van der Waals surface area contributed by atoms with Gasteiger partial charge in [-0.3, -0.25) is 0 Å². The van der Waals surface area contributed by atoms with Crippen LogP contribution in [0.2, 0.25) is 0 Å². The summed E-state index contributed by atoms with van der Waals surface area (Å²) in [7, 11) is 0. The van der Waals surface area contributed by atoms with E-state index < -0.39 is 0 Å². The molecule has 116 valence electrons. The van der Waals surface area contributed by atoms with Crippen LogP contribution in [0.5, 0.6) is 0 Å². The van der Waals surface area contributed by atoms with E-state index in [2.05, 4.69) is 47.2 Å². The fraction of sp³-hybridized carbons (Fsp3) is 0.667. The fourth-order valence-electron chi connectivity index (χ4n) is 3.73. The number of hydrogen-bond donors (Lipinski definition) is 1. The van der Waals surface area contributed by atoms with Crippen molar-refractivity contribution in [2.24, 2.45) is 0 Å². The molecule has 0 spiro atoms. The Hall–Kier alpha value is -1.06. The zero-order chi connectivity index (χ0) is 14.7. The average molecular weight is 287 g/mol. The second-order valence-electron chi connectivity index (χ2n) is 6.71. The maximum absolute atomic E-state index is 3.64. The molecule has 21 heavy (non-hydrogen) atoms. The Labute approximate surface area is 129 Å². The van der Waals surface area contributed by atoms with E-state index in [4.69, 9.17) is 0 Å². The van der Waals surface area contributed by atoms with Crippen LogP contribution in [-0.4, -0.2) is 43.7 Å². The molecule has 3 nitrogen and oxygen atoms in total. The maximum atomic E-state index is 3.64.